The lowest BCUT2D eigenvalue weighted by Crippen LogP contribution is -2.43. The number of hydrogen-bond acceptors (Lipinski definition) is 4. The number of nitrogens with zero attached hydrogens (tertiary/aromatic N) is 1. The molecule has 1 aliphatic heterocycles. The first-order chi connectivity index (χ1) is 8.87. The summed E-state index contributed by atoms with van der Waals surface area (Å²) in [4.78, 5) is 0. The first-order valence-electron chi connectivity index (χ1n) is 6.59. The van der Waals surface area contributed by atoms with E-state index in [1.807, 2.05) is 6.92 Å². The second kappa shape index (κ2) is 7.53. The van der Waals surface area contributed by atoms with Gasteiger partial charge >= 0.3 is 0 Å². The zero-order valence-electron chi connectivity index (χ0n) is 11.3. The van der Waals surface area contributed by atoms with Crippen molar-refractivity contribution in [3.8, 4) is 0 Å². The van der Waals surface area contributed by atoms with Gasteiger partial charge in [-0.3, -0.25) is 0 Å². The summed E-state index contributed by atoms with van der Waals surface area (Å²) in [5, 5.41) is 0. The summed E-state index contributed by atoms with van der Waals surface area (Å²) in [6.07, 6.45) is 3.50. The Balaban J connectivity index is 2.39. The number of hydrogen-bond donors (Lipinski definition) is 2. The van der Waals surface area contributed by atoms with Gasteiger partial charge in [-0.2, -0.15) is 8.42 Å². The van der Waals surface area contributed by atoms with Gasteiger partial charge in [0.1, 0.15) is 0 Å². The van der Waals surface area contributed by atoms with Crippen molar-refractivity contribution in [1.29, 1.82) is 0 Å². The highest BCUT2D eigenvalue weighted by Crippen LogP contribution is 2.12. The summed E-state index contributed by atoms with van der Waals surface area (Å²) in [6, 6.07) is 0. The molecule has 0 amide bonds. The van der Waals surface area contributed by atoms with Gasteiger partial charge in [0.2, 0.25) is 10.0 Å². The molecule has 9 heteroatoms. The van der Waals surface area contributed by atoms with E-state index < -0.39 is 20.2 Å². The third-order valence-electron chi connectivity index (χ3n) is 2.90. The monoisotopic (exact) mass is 313 g/mol. The van der Waals surface area contributed by atoms with Crippen molar-refractivity contribution >= 4 is 20.2 Å². The third kappa shape index (κ3) is 6.17. The molecule has 1 fully saturated rings. The molecule has 0 radical (unpaired) electrons. The molecule has 114 valence electrons. The van der Waals surface area contributed by atoms with E-state index in [1.54, 1.807) is 0 Å². The van der Waals surface area contributed by atoms with Crippen LogP contribution >= 0.6 is 0 Å². The van der Waals surface area contributed by atoms with Gasteiger partial charge < -0.3 is 0 Å². The van der Waals surface area contributed by atoms with Crippen LogP contribution in [0.3, 0.4) is 0 Å². The van der Waals surface area contributed by atoms with E-state index in [9.17, 15) is 16.8 Å². The molecule has 1 aliphatic rings. The molecule has 1 saturated heterocycles. The van der Waals surface area contributed by atoms with Crippen LogP contribution in [-0.4, -0.2) is 53.1 Å². The van der Waals surface area contributed by atoms with Gasteiger partial charge in [-0.25, -0.2) is 22.2 Å². The summed E-state index contributed by atoms with van der Waals surface area (Å²) in [5.74, 6) is -0.194. The Morgan fingerprint density at radius 3 is 2.11 bits per heavy atom. The molecule has 0 aromatic rings. The fraction of sp³-hybridized carbons (Fsp3) is 1.00. The number of rotatable bonds is 8. The van der Waals surface area contributed by atoms with E-state index in [0.717, 1.165) is 19.3 Å². The summed E-state index contributed by atoms with van der Waals surface area (Å²) < 4.78 is 52.8. The molecule has 0 bridgehead atoms. The lowest BCUT2D eigenvalue weighted by Gasteiger charge is -2.25. The lowest BCUT2D eigenvalue weighted by atomic mass is 10.2. The highest BCUT2D eigenvalue weighted by atomic mass is 32.2. The van der Waals surface area contributed by atoms with Gasteiger partial charge in [0.05, 0.1) is 5.75 Å². The summed E-state index contributed by atoms with van der Waals surface area (Å²) in [7, 11) is -6.93. The summed E-state index contributed by atoms with van der Waals surface area (Å²) >= 11 is 0. The first-order valence-corrected chi connectivity index (χ1v) is 9.69. The molecule has 1 rings (SSSR count). The van der Waals surface area contributed by atoms with Gasteiger partial charge in [-0.15, -0.1) is 0 Å². The average Bonchev–Trinajstić information content (AvgIpc) is 2.37. The number of nitrogens with one attached hydrogen (secondary N) is 2. The van der Waals surface area contributed by atoms with E-state index in [-0.39, 0.29) is 12.3 Å². The van der Waals surface area contributed by atoms with Gasteiger partial charge in [-0.05, 0) is 19.3 Å². The normalized spacial score (nSPS) is 18.6. The van der Waals surface area contributed by atoms with Crippen LogP contribution in [0.25, 0.3) is 0 Å². The van der Waals surface area contributed by atoms with Gasteiger partial charge in [0, 0.05) is 26.2 Å². The zero-order valence-corrected chi connectivity index (χ0v) is 12.9. The SMILES string of the molecule is CCCNS(=O)(=O)NCCS(=O)(=O)N1CCCCC1. The van der Waals surface area contributed by atoms with Crippen LogP contribution < -0.4 is 9.44 Å². The molecule has 0 saturated carbocycles. The van der Waals surface area contributed by atoms with Crippen LogP contribution in [0.4, 0.5) is 0 Å². The quantitative estimate of drug-likeness (QED) is 0.639. The maximum Gasteiger partial charge on any atom is 0.276 e. The number of piperidine rings is 1. The highest BCUT2D eigenvalue weighted by Gasteiger charge is 2.23. The van der Waals surface area contributed by atoms with Crippen LogP contribution in [-0.2, 0) is 20.2 Å². The van der Waals surface area contributed by atoms with Crippen molar-refractivity contribution in [2.75, 3.05) is 31.9 Å². The minimum atomic E-state index is -3.58. The van der Waals surface area contributed by atoms with Crippen molar-refractivity contribution in [1.82, 2.24) is 13.7 Å². The van der Waals surface area contributed by atoms with Gasteiger partial charge in [-0.1, -0.05) is 13.3 Å². The molecule has 0 aromatic carbocycles. The van der Waals surface area contributed by atoms with E-state index in [1.165, 1.54) is 4.31 Å². The zero-order chi connectivity index (χ0) is 14.4. The maximum absolute atomic E-state index is 12.0. The van der Waals surface area contributed by atoms with E-state index >= 15 is 0 Å². The third-order valence-corrected chi connectivity index (χ3v) is 5.94. The van der Waals surface area contributed by atoms with Crippen LogP contribution in [0.5, 0.6) is 0 Å². The van der Waals surface area contributed by atoms with Crippen molar-refractivity contribution in [3.63, 3.8) is 0 Å². The van der Waals surface area contributed by atoms with Crippen LogP contribution in [0.15, 0.2) is 0 Å². The molecule has 0 spiro atoms. The van der Waals surface area contributed by atoms with Crippen LogP contribution in [0, 0.1) is 0 Å². The molecule has 1 heterocycles. The fourth-order valence-electron chi connectivity index (χ4n) is 1.86. The Morgan fingerprint density at radius 1 is 0.947 bits per heavy atom. The topological polar surface area (TPSA) is 95.6 Å². The molecular formula is C10H23N3O4S2. The maximum atomic E-state index is 12.0. The standard InChI is InChI=1S/C10H23N3O4S2/c1-2-6-11-19(16,17)12-7-10-18(14,15)13-8-4-3-5-9-13/h11-12H,2-10H2,1H3. The Labute approximate surface area is 116 Å². The Bertz CT molecular complexity index is 455. The summed E-state index contributed by atoms with van der Waals surface area (Å²) in [5.41, 5.74) is 0. The van der Waals surface area contributed by atoms with E-state index in [2.05, 4.69) is 9.44 Å². The molecule has 19 heavy (non-hydrogen) atoms. The minimum absolute atomic E-state index is 0.0993. The van der Waals surface area contributed by atoms with Crippen molar-refractivity contribution < 1.29 is 16.8 Å². The molecule has 2 N–H and O–H groups in total. The van der Waals surface area contributed by atoms with E-state index in [0.29, 0.717) is 26.1 Å². The molecule has 0 aliphatic carbocycles. The molecule has 0 unspecified atom stereocenters. The Morgan fingerprint density at radius 2 is 1.53 bits per heavy atom. The smallest absolute Gasteiger partial charge is 0.212 e. The largest absolute Gasteiger partial charge is 0.276 e. The minimum Gasteiger partial charge on any atom is -0.212 e. The Kier molecular flexibility index (Phi) is 6.67. The van der Waals surface area contributed by atoms with Crippen molar-refractivity contribution in [2.45, 2.75) is 32.6 Å². The van der Waals surface area contributed by atoms with Crippen molar-refractivity contribution in [3.05, 3.63) is 0 Å². The predicted molar refractivity (Wildman–Crippen MR) is 74.4 cm³/mol. The fourth-order valence-corrected chi connectivity index (χ4v) is 4.37. The van der Waals surface area contributed by atoms with Crippen LogP contribution in [0.2, 0.25) is 0 Å². The highest BCUT2D eigenvalue weighted by molar-refractivity contribution is 7.89. The van der Waals surface area contributed by atoms with Crippen LogP contribution in [0.1, 0.15) is 32.6 Å². The summed E-state index contributed by atoms with van der Waals surface area (Å²) in [6.45, 7) is 3.18. The lowest BCUT2D eigenvalue weighted by molar-refractivity contribution is 0.346. The number of sulfonamides is 1. The molecule has 7 nitrogen and oxygen atoms in total. The van der Waals surface area contributed by atoms with Gasteiger partial charge in [0.15, 0.2) is 0 Å². The molecular weight excluding hydrogens is 290 g/mol. The second-order valence-corrected chi connectivity index (χ2v) is 8.24. The Hall–Kier alpha value is -0.220. The molecule has 0 atom stereocenters. The van der Waals surface area contributed by atoms with E-state index in [4.69, 9.17) is 0 Å². The van der Waals surface area contributed by atoms with Crippen molar-refractivity contribution in [2.24, 2.45) is 0 Å². The predicted octanol–water partition coefficient (Wildman–Crippen LogP) is -0.364. The average molecular weight is 313 g/mol. The van der Waals surface area contributed by atoms with Gasteiger partial charge in [0.25, 0.3) is 10.2 Å². The second-order valence-electron chi connectivity index (χ2n) is 4.57. The first kappa shape index (κ1) is 16.8. The molecule has 0 aromatic heterocycles.